The monoisotopic (exact) mass is 290 g/mol. The first kappa shape index (κ1) is 14.7. The van der Waals surface area contributed by atoms with E-state index < -0.39 is 0 Å². The van der Waals surface area contributed by atoms with Gasteiger partial charge in [-0.3, -0.25) is 0 Å². The molecule has 0 bridgehead atoms. The topological polar surface area (TPSA) is 47.7 Å². The van der Waals surface area contributed by atoms with Gasteiger partial charge in [-0.15, -0.1) is 0 Å². The van der Waals surface area contributed by atoms with E-state index in [1.165, 1.54) is 37.9 Å². The lowest BCUT2D eigenvalue weighted by Gasteiger charge is -2.36. The van der Waals surface area contributed by atoms with Crippen LogP contribution in [0.3, 0.4) is 0 Å². The zero-order chi connectivity index (χ0) is 14.7. The first-order chi connectivity index (χ1) is 10.2. The number of hydrogen-bond acceptors (Lipinski definition) is 4. The fraction of sp³-hybridized carbons (Fsp3) is 0.647. The van der Waals surface area contributed by atoms with Gasteiger partial charge in [0.05, 0.1) is 0 Å². The zero-order valence-electron chi connectivity index (χ0n) is 12.9. The molecule has 0 aliphatic carbocycles. The molecule has 0 saturated carbocycles. The standard InChI is InChI=1S/C17H26N2O2/c1-17(11-18,12-19-7-3-2-4-8-19)10-14-5-6-15-16(9-14)21-13-20-15/h5-6,9H,2-4,7-8,10-13,18H2,1H3. The number of likely N-dealkylation sites (tertiary alicyclic amines) is 1. The van der Waals surface area contributed by atoms with Gasteiger partial charge in [-0.25, -0.2) is 0 Å². The van der Waals surface area contributed by atoms with Crippen molar-refractivity contribution in [2.45, 2.75) is 32.6 Å². The van der Waals surface area contributed by atoms with E-state index >= 15 is 0 Å². The van der Waals surface area contributed by atoms with Gasteiger partial charge in [0, 0.05) is 6.54 Å². The highest BCUT2D eigenvalue weighted by Gasteiger charge is 2.27. The van der Waals surface area contributed by atoms with Crippen LogP contribution in [0.5, 0.6) is 11.5 Å². The Kier molecular flexibility index (Phi) is 4.36. The summed E-state index contributed by atoms with van der Waals surface area (Å²) in [5.41, 5.74) is 7.50. The van der Waals surface area contributed by atoms with Crippen LogP contribution in [0.1, 0.15) is 31.7 Å². The SMILES string of the molecule is CC(CN)(Cc1ccc2c(c1)OCO2)CN1CCCCC1. The average Bonchev–Trinajstić information content (AvgIpc) is 2.96. The van der Waals surface area contributed by atoms with E-state index in [0.717, 1.165) is 24.5 Å². The molecular weight excluding hydrogens is 264 g/mol. The maximum atomic E-state index is 6.10. The van der Waals surface area contributed by atoms with Crippen molar-refractivity contribution >= 4 is 0 Å². The number of nitrogens with zero attached hydrogens (tertiary/aromatic N) is 1. The molecule has 3 rings (SSSR count). The summed E-state index contributed by atoms with van der Waals surface area (Å²) < 4.78 is 10.8. The lowest BCUT2D eigenvalue weighted by Crippen LogP contribution is -2.44. The Morgan fingerprint density at radius 1 is 1.14 bits per heavy atom. The highest BCUT2D eigenvalue weighted by molar-refractivity contribution is 5.44. The van der Waals surface area contributed by atoms with Crippen molar-refractivity contribution in [2.24, 2.45) is 11.1 Å². The van der Waals surface area contributed by atoms with Crippen LogP contribution in [0.4, 0.5) is 0 Å². The molecule has 4 heteroatoms. The minimum atomic E-state index is 0.116. The molecule has 1 aromatic rings. The van der Waals surface area contributed by atoms with Gasteiger partial charge in [0.25, 0.3) is 0 Å². The van der Waals surface area contributed by atoms with Crippen molar-refractivity contribution in [1.29, 1.82) is 0 Å². The Labute approximate surface area is 127 Å². The second-order valence-electron chi connectivity index (χ2n) is 6.72. The van der Waals surface area contributed by atoms with E-state index in [-0.39, 0.29) is 5.41 Å². The summed E-state index contributed by atoms with van der Waals surface area (Å²) >= 11 is 0. The lowest BCUT2D eigenvalue weighted by atomic mass is 9.82. The van der Waals surface area contributed by atoms with Gasteiger partial charge in [0.1, 0.15) is 0 Å². The molecule has 0 aromatic heterocycles. The molecule has 2 heterocycles. The van der Waals surface area contributed by atoms with E-state index in [4.69, 9.17) is 15.2 Å². The molecule has 1 atom stereocenters. The Morgan fingerprint density at radius 2 is 1.90 bits per heavy atom. The smallest absolute Gasteiger partial charge is 0.231 e. The highest BCUT2D eigenvalue weighted by Crippen LogP contribution is 2.34. The van der Waals surface area contributed by atoms with Crippen LogP contribution in [-0.2, 0) is 6.42 Å². The van der Waals surface area contributed by atoms with Crippen molar-refractivity contribution in [3.05, 3.63) is 23.8 Å². The van der Waals surface area contributed by atoms with Crippen LogP contribution >= 0.6 is 0 Å². The van der Waals surface area contributed by atoms with Crippen molar-refractivity contribution in [1.82, 2.24) is 4.90 Å². The van der Waals surface area contributed by atoms with E-state index in [0.29, 0.717) is 13.3 Å². The van der Waals surface area contributed by atoms with Crippen LogP contribution in [0, 0.1) is 5.41 Å². The van der Waals surface area contributed by atoms with Crippen molar-refractivity contribution < 1.29 is 9.47 Å². The predicted molar refractivity (Wildman–Crippen MR) is 83.7 cm³/mol. The Balaban J connectivity index is 1.67. The third kappa shape index (κ3) is 3.50. The van der Waals surface area contributed by atoms with Crippen molar-refractivity contribution in [2.75, 3.05) is 33.0 Å². The molecular formula is C17H26N2O2. The fourth-order valence-corrected chi connectivity index (χ4v) is 3.39. The number of rotatable bonds is 5. The molecule has 1 saturated heterocycles. The predicted octanol–water partition coefficient (Wildman–Crippen LogP) is 2.41. The maximum Gasteiger partial charge on any atom is 0.231 e. The van der Waals surface area contributed by atoms with E-state index in [2.05, 4.69) is 24.0 Å². The summed E-state index contributed by atoms with van der Waals surface area (Å²) in [6.45, 7) is 6.86. The van der Waals surface area contributed by atoms with Gasteiger partial charge in [-0.2, -0.15) is 0 Å². The van der Waals surface area contributed by atoms with E-state index in [1.54, 1.807) is 0 Å². The van der Waals surface area contributed by atoms with Gasteiger partial charge in [0.15, 0.2) is 11.5 Å². The molecule has 1 unspecified atom stereocenters. The van der Waals surface area contributed by atoms with Crippen LogP contribution in [0.15, 0.2) is 18.2 Å². The third-order valence-electron chi connectivity index (χ3n) is 4.61. The van der Waals surface area contributed by atoms with Crippen LogP contribution in [0.2, 0.25) is 0 Å². The van der Waals surface area contributed by atoms with Gasteiger partial charge < -0.3 is 20.1 Å². The molecule has 1 aromatic carbocycles. The molecule has 0 spiro atoms. The molecule has 0 radical (unpaired) electrons. The number of hydrogen-bond donors (Lipinski definition) is 1. The number of nitrogens with two attached hydrogens (primary N) is 1. The third-order valence-corrected chi connectivity index (χ3v) is 4.61. The summed E-state index contributed by atoms with van der Waals surface area (Å²) in [4.78, 5) is 2.57. The number of ether oxygens (including phenoxy) is 2. The summed E-state index contributed by atoms with van der Waals surface area (Å²) in [5, 5.41) is 0. The molecule has 1 fully saturated rings. The maximum absolute atomic E-state index is 6.10. The summed E-state index contributed by atoms with van der Waals surface area (Å²) in [6, 6.07) is 6.25. The second-order valence-corrected chi connectivity index (χ2v) is 6.72. The summed E-state index contributed by atoms with van der Waals surface area (Å²) in [6.07, 6.45) is 5.00. The van der Waals surface area contributed by atoms with Crippen molar-refractivity contribution in [3.8, 4) is 11.5 Å². The Bertz CT molecular complexity index is 486. The van der Waals surface area contributed by atoms with Gasteiger partial charge in [-0.05, 0) is 62.0 Å². The van der Waals surface area contributed by atoms with Gasteiger partial charge in [0.2, 0.25) is 6.79 Å². The average molecular weight is 290 g/mol. The van der Waals surface area contributed by atoms with Crippen LogP contribution in [0.25, 0.3) is 0 Å². The van der Waals surface area contributed by atoms with Crippen molar-refractivity contribution in [3.63, 3.8) is 0 Å². The molecule has 0 amide bonds. The normalized spacial score (nSPS) is 21.2. The zero-order valence-corrected chi connectivity index (χ0v) is 12.9. The largest absolute Gasteiger partial charge is 0.454 e. The lowest BCUT2D eigenvalue weighted by molar-refractivity contribution is 0.145. The first-order valence-electron chi connectivity index (χ1n) is 7.99. The first-order valence-corrected chi connectivity index (χ1v) is 7.99. The molecule has 2 N–H and O–H groups in total. The summed E-state index contributed by atoms with van der Waals surface area (Å²) in [5.74, 6) is 1.72. The number of benzene rings is 1. The quantitative estimate of drug-likeness (QED) is 0.904. The molecule has 2 aliphatic rings. The van der Waals surface area contributed by atoms with Gasteiger partial charge >= 0.3 is 0 Å². The van der Waals surface area contributed by atoms with Gasteiger partial charge in [-0.1, -0.05) is 19.4 Å². The Hall–Kier alpha value is -1.26. The minimum Gasteiger partial charge on any atom is -0.454 e. The minimum absolute atomic E-state index is 0.116. The second kappa shape index (κ2) is 6.24. The highest BCUT2D eigenvalue weighted by atomic mass is 16.7. The fourth-order valence-electron chi connectivity index (χ4n) is 3.39. The Morgan fingerprint density at radius 3 is 2.67 bits per heavy atom. The molecule has 116 valence electrons. The van der Waals surface area contributed by atoms with E-state index in [1.807, 2.05) is 6.07 Å². The molecule has 4 nitrogen and oxygen atoms in total. The van der Waals surface area contributed by atoms with Crippen LogP contribution < -0.4 is 15.2 Å². The van der Waals surface area contributed by atoms with Crippen LogP contribution in [-0.4, -0.2) is 37.9 Å². The molecule has 2 aliphatic heterocycles. The summed E-state index contributed by atoms with van der Waals surface area (Å²) in [7, 11) is 0. The number of fused-ring (bicyclic) bond motifs is 1. The van der Waals surface area contributed by atoms with E-state index in [9.17, 15) is 0 Å². The number of piperidine rings is 1. The molecule has 21 heavy (non-hydrogen) atoms.